The maximum Gasteiger partial charge on any atom is 0.310 e. The zero-order valence-corrected chi connectivity index (χ0v) is 30.0. The van der Waals surface area contributed by atoms with Gasteiger partial charge >= 0.3 is 11.9 Å². The highest BCUT2D eigenvalue weighted by Gasteiger charge is 2.70. The summed E-state index contributed by atoms with van der Waals surface area (Å²) < 4.78 is 17.1. The van der Waals surface area contributed by atoms with E-state index in [1.807, 2.05) is 0 Å². The fourth-order valence-electron chi connectivity index (χ4n) is 12.5. The number of hydrogen-bond donors (Lipinski definition) is 5. The number of aliphatic hydroxyl groups is 4. The van der Waals surface area contributed by atoms with Gasteiger partial charge < -0.3 is 39.7 Å². The van der Waals surface area contributed by atoms with Gasteiger partial charge in [-0.15, -0.1) is 0 Å². The molecule has 0 radical (unpaired) electrons. The molecule has 272 valence electrons. The van der Waals surface area contributed by atoms with Crippen LogP contribution in [0.4, 0.5) is 0 Å². The van der Waals surface area contributed by atoms with E-state index in [0.29, 0.717) is 18.8 Å². The molecule has 5 fully saturated rings. The quantitative estimate of drug-likeness (QED) is 0.153. The number of carbonyl (C=O) groups excluding carboxylic acids is 1. The minimum Gasteiger partial charge on any atom is -0.481 e. The van der Waals surface area contributed by atoms with Crippen LogP contribution in [0.2, 0.25) is 0 Å². The summed E-state index contributed by atoms with van der Waals surface area (Å²) in [5.41, 5.74) is -0.150. The molecule has 6 rings (SSSR count). The lowest BCUT2D eigenvalue weighted by Crippen LogP contribution is -2.67. The maximum atomic E-state index is 13.0. The summed E-state index contributed by atoms with van der Waals surface area (Å²) in [6, 6.07) is 0. The van der Waals surface area contributed by atoms with Crippen LogP contribution in [-0.4, -0.2) is 88.0 Å². The highest BCUT2D eigenvalue weighted by Crippen LogP contribution is 2.76. The van der Waals surface area contributed by atoms with Gasteiger partial charge in [0.2, 0.25) is 0 Å². The molecule has 5 aliphatic carbocycles. The largest absolute Gasteiger partial charge is 0.481 e. The third-order valence-corrected chi connectivity index (χ3v) is 15.7. The number of rotatable bonds is 6. The Labute approximate surface area is 285 Å². The first kappa shape index (κ1) is 36.2. The summed E-state index contributed by atoms with van der Waals surface area (Å²) in [5, 5.41) is 53.8. The Balaban J connectivity index is 1.29. The maximum absolute atomic E-state index is 13.0. The van der Waals surface area contributed by atoms with Crippen LogP contribution in [-0.2, 0) is 23.8 Å². The van der Waals surface area contributed by atoms with Crippen LogP contribution in [0.1, 0.15) is 112 Å². The predicted octanol–water partition coefficient (Wildman–Crippen LogP) is 4.60. The normalized spacial score (nSPS) is 51.3. The smallest absolute Gasteiger partial charge is 0.310 e. The molecule has 0 spiro atoms. The molecule has 6 aliphatic rings. The molecule has 0 amide bonds. The average molecular weight is 677 g/mol. The lowest BCUT2D eigenvalue weighted by Gasteiger charge is -2.71. The summed E-state index contributed by atoms with van der Waals surface area (Å²) in [5.74, 6) is -0.764. The van der Waals surface area contributed by atoms with E-state index in [1.54, 1.807) is 0 Å². The Hall–Kier alpha value is -1.56. The molecule has 1 aliphatic heterocycles. The molecule has 0 aromatic carbocycles. The highest BCUT2D eigenvalue weighted by molar-refractivity contribution is 5.76. The van der Waals surface area contributed by atoms with E-state index in [9.17, 15) is 35.1 Å². The average Bonchev–Trinajstić information content (AvgIpc) is 3.03. The van der Waals surface area contributed by atoms with Gasteiger partial charge in [0.1, 0.15) is 18.3 Å². The van der Waals surface area contributed by atoms with Crippen molar-refractivity contribution in [1.82, 2.24) is 0 Å². The number of carboxylic acids is 1. The van der Waals surface area contributed by atoms with Crippen LogP contribution in [0.3, 0.4) is 0 Å². The number of aliphatic carboxylic acids is 1. The molecule has 1 heterocycles. The van der Waals surface area contributed by atoms with Crippen LogP contribution in [0, 0.1) is 50.2 Å². The number of methoxy groups -OCH3 is 1. The second kappa shape index (κ2) is 12.0. The summed E-state index contributed by atoms with van der Waals surface area (Å²) in [6.07, 6.45) is 3.00. The standard InChI is InChI=1S/C38H60O10/c1-33(2)14-16-38(32(44)45)17-15-36(5)21(22(38)19-33)8-9-25-34(3)12-11-26(35(4,20-39)24(34)10-13-37(25,36)6)48-31-30(43)29(42)28(41)23(47-31)18-27(40)46-7/h8,22-26,28-31,39,41-43H,9-20H2,1-7H3,(H,44,45)/t22-,23+,24+,25+,26-,28+,29-,30+,31-,34-,35-,36+,37+,38-/m0/s1. The summed E-state index contributed by atoms with van der Waals surface area (Å²) >= 11 is 0. The van der Waals surface area contributed by atoms with Gasteiger partial charge in [0.25, 0.3) is 0 Å². The van der Waals surface area contributed by atoms with Crippen molar-refractivity contribution in [3.63, 3.8) is 0 Å². The van der Waals surface area contributed by atoms with Crippen LogP contribution in [0.5, 0.6) is 0 Å². The first-order chi connectivity index (χ1) is 22.3. The van der Waals surface area contributed by atoms with Gasteiger partial charge in [0.15, 0.2) is 6.29 Å². The molecule has 10 nitrogen and oxygen atoms in total. The van der Waals surface area contributed by atoms with Gasteiger partial charge in [-0.1, -0.05) is 53.2 Å². The van der Waals surface area contributed by atoms with Crippen molar-refractivity contribution in [2.45, 2.75) is 149 Å². The van der Waals surface area contributed by atoms with E-state index >= 15 is 0 Å². The van der Waals surface area contributed by atoms with Crippen molar-refractivity contribution >= 4 is 11.9 Å². The minimum atomic E-state index is -1.57. The van der Waals surface area contributed by atoms with E-state index in [0.717, 1.165) is 51.4 Å². The van der Waals surface area contributed by atoms with Gasteiger partial charge in [-0.25, -0.2) is 0 Å². The second-order valence-electron chi connectivity index (χ2n) is 18.3. The number of carboxylic acid groups (broad SMARTS) is 1. The van der Waals surface area contributed by atoms with Crippen molar-refractivity contribution < 1.29 is 49.3 Å². The van der Waals surface area contributed by atoms with Crippen LogP contribution < -0.4 is 0 Å². The zero-order chi connectivity index (χ0) is 35.2. The molecular weight excluding hydrogens is 616 g/mol. The van der Waals surface area contributed by atoms with E-state index in [1.165, 1.54) is 12.7 Å². The molecular formula is C38H60O10. The lowest BCUT2D eigenvalue weighted by molar-refractivity contribution is -0.330. The number of fused-ring (bicyclic) bond motifs is 7. The van der Waals surface area contributed by atoms with E-state index in [-0.39, 0.29) is 46.5 Å². The highest BCUT2D eigenvalue weighted by atomic mass is 16.7. The van der Waals surface area contributed by atoms with Gasteiger partial charge in [-0.3, -0.25) is 9.59 Å². The fourth-order valence-corrected chi connectivity index (χ4v) is 12.5. The molecule has 48 heavy (non-hydrogen) atoms. The van der Waals surface area contributed by atoms with E-state index in [4.69, 9.17) is 14.2 Å². The van der Waals surface area contributed by atoms with E-state index < -0.39 is 59.6 Å². The van der Waals surface area contributed by atoms with Crippen molar-refractivity contribution in [2.24, 2.45) is 50.2 Å². The number of esters is 1. The predicted molar refractivity (Wildman–Crippen MR) is 176 cm³/mol. The second-order valence-corrected chi connectivity index (χ2v) is 18.3. The van der Waals surface area contributed by atoms with Gasteiger partial charge in [0.05, 0.1) is 37.8 Å². The van der Waals surface area contributed by atoms with Crippen LogP contribution >= 0.6 is 0 Å². The summed E-state index contributed by atoms with van der Waals surface area (Å²) in [7, 11) is 1.23. The Morgan fingerprint density at radius 3 is 2.23 bits per heavy atom. The fraction of sp³-hybridized carbons (Fsp3) is 0.895. The Kier molecular flexibility index (Phi) is 9.07. The lowest BCUT2D eigenvalue weighted by atomic mass is 9.33. The molecule has 5 N–H and O–H groups in total. The van der Waals surface area contributed by atoms with Gasteiger partial charge in [0, 0.05) is 5.41 Å². The number of allylic oxidation sites excluding steroid dienone is 2. The molecule has 0 aromatic rings. The molecule has 0 bridgehead atoms. The Morgan fingerprint density at radius 1 is 0.896 bits per heavy atom. The minimum absolute atomic E-state index is 0.0390. The molecule has 10 heteroatoms. The van der Waals surface area contributed by atoms with Crippen molar-refractivity contribution in [1.29, 1.82) is 0 Å². The molecule has 1 saturated heterocycles. The Bertz CT molecular complexity index is 1310. The number of ether oxygens (including phenoxy) is 3. The summed E-state index contributed by atoms with van der Waals surface area (Å²) in [4.78, 5) is 25.0. The molecule has 0 aromatic heterocycles. The van der Waals surface area contributed by atoms with Crippen LogP contribution in [0.25, 0.3) is 0 Å². The number of carbonyl (C=O) groups is 2. The third kappa shape index (κ3) is 5.08. The zero-order valence-electron chi connectivity index (χ0n) is 30.0. The van der Waals surface area contributed by atoms with Gasteiger partial charge in [-0.2, -0.15) is 0 Å². The van der Waals surface area contributed by atoms with Crippen molar-refractivity contribution in [3.8, 4) is 0 Å². The van der Waals surface area contributed by atoms with Crippen molar-refractivity contribution in [3.05, 3.63) is 11.6 Å². The topological polar surface area (TPSA) is 163 Å². The number of hydrogen-bond acceptors (Lipinski definition) is 9. The van der Waals surface area contributed by atoms with Gasteiger partial charge in [-0.05, 0) is 104 Å². The molecule has 4 saturated carbocycles. The first-order valence-electron chi connectivity index (χ1n) is 18.3. The van der Waals surface area contributed by atoms with E-state index in [2.05, 4.69) is 47.6 Å². The van der Waals surface area contributed by atoms with Crippen molar-refractivity contribution in [2.75, 3.05) is 13.7 Å². The van der Waals surface area contributed by atoms with Crippen LogP contribution in [0.15, 0.2) is 11.6 Å². The SMILES string of the molecule is COC(=O)C[C@H]1O[C@@H](O[C@H]2CC[C@@]3(C)[C@@H](CC[C@]4(C)[C@@H]3CC=C3[C@@H]5CC(C)(C)CC[C@]5(C(=O)O)CC[C@]34C)[C@]2(C)CO)[C@H](O)[C@@H](O)[C@@H]1O. The summed E-state index contributed by atoms with van der Waals surface area (Å²) in [6.45, 7) is 13.8. The first-order valence-corrected chi connectivity index (χ1v) is 18.3. The molecule has 0 unspecified atom stereocenters. The molecule has 14 atom stereocenters. The number of aliphatic hydroxyl groups excluding tert-OH is 4. The Morgan fingerprint density at radius 2 is 1.58 bits per heavy atom. The monoisotopic (exact) mass is 676 g/mol. The third-order valence-electron chi connectivity index (χ3n) is 15.7.